The number of rotatable bonds is 6. The van der Waals surface area contributed by atoms with Crippen molar-refractivity contribution >= 4 is 48.8 Å². The molecule has 2 aromatic heterocycles. The smallest absolute Gasteiger partial charge is 0.0794 e. The second kappa shape index (κ2) is 13.4. The fourth-order valence-corrected chi connectivity index (χ4v) is 8.32. The quantitative estimate of drug-likeness (QED) is 0.161. The summed E-state index contributed by atoms with van der Waals surface area (Å²) in [5.41, 5.74) is 14.2. The van der Waals surface area contributed by atoms with Gasteiger partial charge in [0.2, 0.25) is 0 Å². The van der Waals surface area contributed by atoms with Crippen molar-refractivity contribution < 1.29 is 0 Å². The van der Waals surface area contributed by atoms with Crippen LogP contribution in [0.1, 0.15) is 16.7 Å². The molecule has 0 aliphatic heterocycles. The summed E-state index contributed by atoms with van der Waals surface area (Å²) in [5.74, 6) is 0. The Morgan fingerprint density at radius 1 is 0.436 bits per heavy atom. The molecule has 10 rings (SSSR count). The van der Waals surface area contributed by atoms with Gasteiger partial charge in [-0.2, -0.15) is 0 Å². The van der Waals surface area contributed by atoms with Gasteiger partial charge in [0.25, 0.3) is 0 Å². The highest BCUT2D eigenvalue weighted by Crippen LogP contribution is 2.44. The number of hydrogen-bond donors (Lipinski definition) is 0. The lowest BCUT2D eigenvalue weighted by atomic mass is 9.85. The van der Waals surface area contributed by atoms with E-state index in [4.69, 9.17) is 11.6 Å². The molecule has 8 aromatic carbocycles. The van der Waals surface area contributed by atoms with E-state index in [1.807, 2.05) is 12.3 Å². The summed E-state index contributed by atoms with van der Waals surface area (Å²) < 4.78 is 0. The van der Waals surface area contributed by atoms with Crippen molar-refractivity contribution in [3.63, 3.8) is 0 Å². The third-order valence-electron chi connectivity index (χ3n) is 11.1. The summed E-state index contributed by atoms with van der Waals surface area (Å²) >= 11 is 0. The Kier molecular flexibility index (Phi) is 7.89. The van der Waals surface area contributed by atoms with Gasteiger partial charge in [-0.05, 0) is 114 Å². The van der Waals surface area contributed by atoms with E-state index in [-0.39, 0.29) is 0 Å². The summed E-state index contributed by atoms with van der Waals surface area (Å²) in [5, 5.41) is 8.32. The van der Waals surface area contributed by atoms with Gasteiger partial charge >= 0.3 is 0 Å². The molecule has 0 bridgehead atoms. The normalized spacial score (nSPS) is 11.4. The lowest BCUT2D eigenvalue weighted by molar-refractivity contribution is 1.33. The summed E-state index contributed by atoms with van der Waals surface area (Å²) in [6, 6.07) is 63.2. The van der Waals surface area contributed by atoms with Crippen molar-refractivity contribution in [3.8, 4) is 44.6 Å². The molecule has 0 aliphatic carbocycles. The maximum atomic E-state index is 5.50. The molecule has 2 heteroatoms. The van der Waals surface area contributed by atoms with Crippen LogP contribution in [-0.2, 0) is 0 Å². The summed E-state index contributed by atoms with van der Waals surface area (Å²) in [7, 11) is 0. The Balaban J connectivity index is 1.27. The molecule has 0 fully saturated rings. The molecule has 55 heavy (non-hydrogen) atoms. The van der Waals surface area contributed by atoms with Gasteiger partial charge in [-0.1, -0.05) is 158 Å². The van der Waals surface area contributed by atoms with E-state index in [1.54, 1.807) is 6.20 Å². The third-order valence-corrected chi connectivity index (χ3v) is 11.1. The van der Waals surface area contributed by atoms with Crippen LogP contribution in [0.4, 0.5) is 0 Å². The van der Waals surface area contributed by atoms with E-state index >= 15 is 0 Å². The van der Waals surface area contributed by atoms with Crippen molar-refractivity contribution in [2.45, 2.75) is 6.92 Å². The van der Waals surface area contributed by atoms with E-state index in [9.17, 15) is 0 Å². The minimum Gasteiger partial charge on any atom is -0.264 e. The molecule has 0 amide bonds. The second-order valence-electron chi connectivity index (χ2n) is 14.3. The van der Waals surface area contributed by atoms with Crippen LogP contribution in [0.25, 0.3) is 93.4 Å². The zero-order valence-electron chi connectivity index (χ0n) is 30.5. The molecule has 0 N–H and O–H groups in total. The molecule has 2 nitrogen and oxygen atoms in total. The van der Waals surface area contributed by atoms with Crippen LogP contribution in [0.2, 0.25) is 0 Å². The first-order chi connectivity index (χ1) is 27.1. The third kappa shape index (κ3) is 5.59. The van der Waals surface area contributed by atoms with E-state index in [0.29, 0.717) is 0 Å². The highest BCUT2D eigenvalue weighted by atomic mass is 14.7. The Bertz CT molecular complexity index is 3100. The topological polar surface area (TPSA) is 25.8 Å². The monoisotopic (exact) mass is 700 g/mol. The molecule has 0 saturated carbocycles. The molecule has 10 aromatic rings. The lowest BCUT2D eigenvalue weighted by Gasteiger charge is -2.20. The average molecular weight is 701 g/mol. The predicted molar refractivity (Wildman–Crippen MR) is 233 cm³/mol. The predicted octanol–water partition coefficient (Wildman–Crippen LogP) is 14.1. The largest absolute Gasteiger partial charge is 0.264 e. The molecule has 2 heterocycles. The molecule has 0 saturated heterocycles. The number of nitrogens with zero attached hydrogens (tertiary/aromatic N) is 2. The number of pyridine rings is 2. The lowest BCUT2D eigenvalue weighted by Crippen LogP contribution is -1.98. The van der Waals surface area contributed by atoms with Crippen LogP contribution >= 0.6 is 0 Å². The van der Waals surface area contributed by atoms with E-state index < -0.39 is 0 Å². The van der Waals surface area contributed by atoms with Gasteiger partial charge in [-0.25, -0.2) is 4.98 Å². The van der Waals surface area contributed by atoms with Gasteiger partial charge in [0.15, 0.2) is 0 Å². The first-order valence-electron chi connectivity index (χ1n) is 18.8. The first kappa shape index (κ1) is 32.5. The number of benzene rings is 8. The molecule has 258 valence electrons. The number of fused-ring (bicyclic) bond motifs is 6. The molecular weight excluding hydrogens is 665 g/mol. The van der Waals surface area contributed by atoms with Gasteiger partial charge in [-0.15, -0.1) is 0 Å². The fourth-order valence-electron chi connectivity index (χ4n) is 8.32. The zero-order valence-corrected chi connectivity index (χ0v) is 30.5. The first-order valence-corrected chi connectivity index (χ1v) is 18.8. The Labute approximate surface area is 320 Å². The standard InChI is InChI=1S/C53H36N2/c1-34-14-3-5-17-40(34)43-20-8-7-18-41(43)35(2)48-32-52(37-27-25-36(26-28-37)39-16-13-29-54-33-39)55-53-47-24-12-11-23-46(47)50(31-51(48)53)49-30-38-15-4-6-19-42(38)44-21-9-10-22-45(44)49/h3-33H,2H2,1H3. The summed E-state index contributed by atoms with van der Waals surface area (Å²) in [6.07, 6.45) is 3.71. The Morgan fingerprint density at radius 2 is 1.05 bits per heavy atom. The van der Waals surface area contributed by atoms with Gasteiger partial charge < -0.3 is 0 Å². The average Bonchev–Trinajstić information content (AvgIpc) is 3.26. The van der Waals surface area contributed by atoms with Crippen LogP contribution < -0.4 is 0 Å². The molecule has 0 atom stereocenters. The number of hydrogen-bond acceptors (Lipinski definition) is 2. The zero-order chi connectivity index (χ0) is 36.9. The minimum atomic E-state index is 0.906. The van der Waals surface area contributed by atoms with Crippen molar-refractivity contribution in [1.82, 2.24) is 9.97 Å². The number of aromatic nitrogens is 2. The van der Waals surface area contributed by atoms with Crippen molar-refractivity contribution in [2.24, 2.45) is 0 Å². The summed E-state index contributed by atoms with van der Waals surface area (Å²) in [4.78, 5) is 9.84. The molecule has 0 radical (unpaired) electrons. The van der Waals surface area contributed by atoms with E-state index in [0.717, 1.165) is 55.4 Å². The number of aryl methyl sites for hydroxylation is 1. The maximum Gasteiger partial charge on any atom is 0.0794 e. The fraction of sp³-hybridized carbons (Fsp3) is 0.0189. The molecule has 0 spiro atoms. The molecule has 0 aliphatic rings. The van der Waals surface area contributed by atoms with Crippen LogP contribution in [0, 0.1) is 6.92 Å². The Hall–Kier alpha value is -7.16. The molecule has 0 unspecified atom stereocenters. The highest BCUT2D eigenvalue weighted by molar-refractivity contribution is 6.21. The summed E-state index contributed by atoms with van der Waals surface area (Å²) in [6.45, 7) is 7.07. The van der Waals surface area contributed by atoms with Crippen LogP contribution in [0.5, 0.6) is 0 Å². The van der Waals surface area contributed by atoms with Crippen LogP contribution in [-0.4, -0.2) is 9.97 Å². The van der Waals surface area contributed by atoms with Gasteiger partial charge in [0, 0.05) is 28.7 Å². The van der Waals surface area contributed by atoms with Crippen molar-refractivity contribution in [2.75, 3.05) is 0 Å². The van der Waals surface area contributed by atoms with Crippen LogP contribution in [0.3, 0.4) is 0 Å². The van der Waals surface area contributed by atoms with Gasteiger partial charge in [-0.3, -0.25) is 4.98 Å². The van der Waals surface area contributed by atoms with Crippen molar-refractivity contribution in [1.29, 1.82) is 0 Å². The van der Waals surface area contributed by atoms with Crippen LogP contribution in [0.15, 0.2) is 195 Å². The highest BCUT2D eigenvalue weighted by Gasteiger charge is 2.20. The second-order valence-corrected chi connectivity index (χ2v) is 14.3. The van der Waals surface area contributed by atoms with E-state index in [2.05, 4.69) is 182 Å². The maximum absolute atomic E-state index is 5.50. The van der Waals surface area contributed by atoms with Gasteiger partial charge in [0.1, 0.15) is 0 Å². The molecular formula is C53H36N2. The minimum absolute atomic E-state index is 0.906. The van der Waals surface area contributed by atoms with Gasteiger partial charge in [0.05, 0.1) is 11.2 Å². The Morgan fingerprint density at radius 3 is 1.82 bits per heavy atom. The SMILES string of the molecule is C=C(c1ccccc1-c1ccccc1C)c1cc(-c2ccc(-c3cccnc3)cc2)nc2c1cc(-c1cc3ccccc3c3ccccc13)c1ccccc12. The van der Waals surface area contributed by atoms with E-state index in [1.165, 1.54) is 54.7 Å². The van der Waals surface area contributed by atoms with Crippen molar-refractivity contribution in [3.05, 3.63) is 212 Å².